The Hall–Kier alpha value is -10.9. The van der Waals surface area contributed by atoms with Crippen molar-refractivity contribution in [1.82, 2.24) is 19.7 Å². The van der Waals surface area contributed by atoms with E-state index in [1.165, 1.54) is 132 Å². The lowest BCUT2D eigenvalue weighted by atomic mass is 9.96. The molecule has 0 aliphatic carbocycles. The van der Waals surface area contributed by atoms with Gasteiger partial charge in [0.05, 0.1) is 35.1 Å². The number of rotatable bonds is 5. The molecule has 16 rings (SSSR count). The first-order valence-electron chi connectivity index (χ1n) is 32.2. The summed E-state index contributed by atoms with van der Waals surface area (Å²) in [7, 11) is 10.4. The topological polar surface area (TPSA) is 63.0 Å². The third-order valence-corrected chi connectivity index (χ3v) is 18.0. The molecule has 0 bridgehead atoms. The van der Waals surface area contributed by atoms with E-state index in [0.29, 0.717) is 0 Å². The van der Waals surface area contributed by atoms with E-state index in [4.69, 9.17) is 4.98 Å². The summed E-state index contributed by atoms with van der Waals surface area (Å²) >= 11 is 0. The molecule has 0 saturated heterocycles. The normalized spacial score (nSPS) is 11.1. The molecule has 0 N–H and O–H groups in total. The maximum absolute atomic E-state index is 4.84. The summed E-state index contributed by atoms with van der Waals surface area (Å²) in [5.74, 6) is 1.03. The Balaban J connectivity index is 0.000000112. The monoisotopic (exact) mass is 1220 g/mol. The van der Waals surface area contributed by atoms with Gasteiger partial charge in [0.25, 0.3) is 0 Å². The Labute approximate surface area is 546 Å². The van der Waals surface area contributed by atoms with Crippen LogP contribution >= 0.6 is 0 Å². The molecule has 0 spiro atoms. The second-order valence-electron chi connectivity index (χ2n) is 24.5. The fourth-order valence-electron chi connectivity index (χ4n) is 13.4. The molecular formula is C84H82N9+5. The summed E-state index contributed by atoms with van der Waals surface area (Å²) in [5.41, 5.74) is 18.5. The molecule has 11 aromatic carbocycles. The van der Waals surface area contributed by atoms with Gasteiger partial charge in [-0.25, -0.2) is 23.7 Å². The minimum absolute atomic E-state index is 0.972. The van der Waals surface area contributed by atoms with Crippen LogP contribution in [-0.4, -0.2) is 19.7 Å². The van der Waals surface area contributed by atoms with Gasteiger partial charge in [-0.15, -0.1) is 4.68 Å². The fraction of sp³-hybridized carbons (Fsp3) is 0.167. The fourth-order valence-corrected chi connectivity index (χ4v) is 13.4. The highest BCUT2D eigenvalue weighted by molar-refractivity contribution is 6.24. The Morgan fingerprint density at radius 2 is 0.882 bits per heavy atom. The second kappa shape index (κ2) is 27.3. The van der Waals surface area contributed by atoms with Crippen molar-refractivity contribution in [3.05, 3.63) is 289 Å². The standard InChI is InChI=1S/C19H17N2.C18H15N2.2C17H16N.C13H18N3/c1-12-7-6-10-15-14-8-4-5-9-16(14)18-19(17(12)15)21(3)11-13(2)20-18;1-12-6-5-9-14-13-7-3-4-8-15(13)17-18(16(12)14)20(2)11-10-19-17;1-13-15-8-4-3-7-14(15)10-11-16(13)17-9-5-6-12-18(17)2;1-13-10-11-14-7-3-4-8-15(14)17(13)16-9-5-6-12-18(16)2;1-4-9-16-10-15(3)13(14-16)12-8-6-5-7-11(12)2/h4-11H,1-3H3;3-11H,1-2H3;2*3-12H,1-2H3;5-8,10H,4,9H2,1-3H3/q5*+1. The number of hydrogen-bond acceptors (Lipinski definition) is 3. The molecule has 5 heterocycles. The highest BCUT2D eigenvalue weighted by atomic mass is 15.4. The van der Waals surface area contributed by atoms with Gasteiger partial charge in [-0.05, 0) is 143 Å². The third kappa shape index (κ3) is 12.5. The van der Waals surface area contributed by atoms with Crippen LogP contribution in [-0.2, 0) is 41.8 Å². The quantitative estimate of drug-likeness (QED) is 0.127. The average molecular weight is 1220 g/mol. The van der Waals surface area contributed by atoms with Crippen molar-refractivity contribution in [1.29, 1.82) is 0 Å². The average Bonchev–Trinajstić information content (AvgIpc) is 0.874. The van der Waals surface area contributed by atoms with Crippen molar-refractivity contribution < 1.29 is 22.8 Å². The van der Waals surface area contributed by atoms with E-state index in [9.17, 15) is 0 Å². The zero-order chi connectivity index (χ0) is 64.9. The number of nitrogens with zero attached hydrogens (tertiary/aromatic N) is 9. The van der Waals surface area contributed by atoms with Gasteiger partial charge >= 0.3 is 5.82 Å². The molecule has 0 atom stereocenters. The maximum atomic E-state index is 4.84. The van der Waals surface area contributed by atoms with E-state index < -0.39 is 0 Å². The van der Waals surface area contributed by atoms with Crippen molar-refractivity contribution in [2.45, 2.75) is 61.4 Å². The summed E-state index contributed by atoms with van der Waals surface area (Å²) in [5, 5.41) is 20.1. The van der Waals surface area contributed by atoms with E-state index in [0.717, 1.165) is 35.5 Å². The van der Waals surface area contributed by atoms with Crippen molar-refractivity contribution in [2.75, 3.05) is 0 Å². The molecule has 0 aliphatic heterocycles. The predicted octanol–water partition coefficient (Wildman–Crippen LogP) is 17.0. The Morgan fingerprint density at radius 1 is 0.376 bits per heavy atom. The lowest BCUT2D eigenvalue weighted by Gasteiger charge is -2.10. The lowest BCUT2D eigenvalue weighted by Crippen LogP contribution is -2.30. The first-order valence-corrected chi connectivity index (χ1v) is 32.2. The first kappa shape index (κ1) is 62.3. The number of aryl methyl sites for hydroxylation is 12. The van der Waals surface area contributed by atoms with Gasteiger partial charge in [0, 0.05) is 45.7 Å². The van der Waals surface area contributed by atoms with E-state index in [2.05, 4.69) is 347 Å². The SMILES string of the molecule is CCCn1c[n+](C)c(-c2ccccc2C)n1.Cc1c(-c2cccc[n+]2C)ccc2ccccc12.Cc1c[n+](C)c2c(n1)c1ccccc1c1cccc(C)c12.Cc1ccc2ccccc2c1-c1cccc[n+]1C.Cc1cccc2c3ccccc3c3ncc[n+](C)c3c12. The molecule has 5 aromatic heterocycles. The van der Waals surface area contributed by atoms with E-state index >= 15 is 0 Å². The molecule has 16 aromatic rings. The molecule has 93 heavy (non-hydrogen) atoms. The number of fused-ring (bicyclic) bond motifs is 14. The minimum Gasteiger partial charge on any atom is -0.243 e. The third-order valence-electron chi connectivity index (χ3n) is 18.0. The van der Waals surface area contributed by atoms with Crippen LogP contribution in [0.3, 0.4) is 0 Å². The lowest BCUT2D eigenvalue weighted by molar-refractivity contribution is -0.661. The summed E-state index contributed by atoms with van der Waals surface area (Å²) in [6.07, 6.45) is 13.3. The maximum Gasteiger partial charge on any atom is 0.308 e. The van der Waals surface area contributed by atoms with Crippen LogP contribution in [0.15, 0.2) is 256 Å². The van der Waals surface area contributed by atoms with E-state index in [1.807, 2.05) is 30.5 Å². The van der Waals surface area contributed by atoms with Crippen LogP contribution in [0, 0.1) is 41.5 Å². The van der Waals surface area contributed by atoms with Gasteiger partial charge in [0.1, 0.15) is 51.5 Å². The zero-order valence-electron chi connectivity index (χ0n) is 55.7. The van der Waals surface area contributed by atoms with Crippen molar-refractivity contribution in [2.24, 2.45) is 35.2 Å². The van der Waals surface area contributed by atoms with E-state index in [1.54, 1.807) is 0 Å². The Bertz CT molecular complexity index is 5370. The molecule has 0 unspecified atom stereocenters. The van der Waals surface area contributed by atoms with Crippen LogP contribution in [0.25, 0.3) is 121 Å². The largest absolute Gasteiger partial charge is 0.308 e. The predicted molar refractivity (Wildman–Crippen MR) is 385 cm³/mol. The second-order valence-corrected chi connectivity index (χ2v) is 24.5. The number of pyridine rings is 2. The number of hydrogen-bond donors (Lipinski definition) is 0. The van der Waals surface area contributed by atoms with Crippen molar-refractivity contribution in [3.63, 3.8) is 0 Å². The number of aromatic nitrogens is 9. The van der Waals surface area contributed by atoms with Gasteiger partial charge in [-0.3, -0.25) is 0 Å². The number of benzene rings is 11. The summed E-state index contributed by atoms with van der Waals surface area (Å²) in [4.78, 5) is 9.48. The zero-order valence-corrected chi connectivity index (χ0v) is 55.7. The smallest absolute Gasteiger partial charge is 0.243 e. The van der Waals surface area contributed by atoms with Crippen LogP contribution in [0.5, 0.6) is 0 Å². The molecule has 458 valence electrons. The van der Waals surface area contributed by atoms with Gasteiger partial charge in [0.2, 0.25) is 28.7 Å². The van der Waals surface area contributed by atoms with Crippen molar-refractivity contribution >= 4 is 86.7 Å². The van der Waals surface area contributed by atoms with Gasteiger partial charge in [0.15, 0.2) is 24.8 Å². The van der Waals surface area contributed by atoms with E-state index in [-0.39, 0.29) is 0 Å². The first-order chi connectivity index (χ1) is 45.2. The molecule has 0 amide bonds. The molecule has 0 fully saturated rings. The van der Waals surface area contributed by atoms with Gasteiger partial charge < -0.3 is 0 Å². The van der Waals surface area contributed by atoms with Crippen LogP contribution in [0.1, 0.15) is 46.9 Å². The van der Waals surface area contributed by atoms with Crippen molar-refractivity contribution in [3.8, 4) is 33.9 Å². The summed E-state index contributed by atoms with van der Waals surface area (Å²) in [6.45, 7) is 16.0. The Morgan fingerprint density at radius 3 is 1.51 bits per heavy atom. The molecule has 0 aliphatic rings. The molecule has 0 radical (unpaired) electrons. The molecule has 0 saturated carbocycles. The van der Waals surface area contributed by atoms with Gasteiger partial charge in [-0.2, -0.15) is 9.13 Å². The van der Waals surface area contributed by atoms with Crippen LogP contribution in [0.4, 0.5) is 0 Å². The van der Waals surface area contributed by atoms with Gasteiger partial charge in [-0.1, -0.05) is 177 Å². The molecule has 9 heteroatoms. The van der Waals surface area contributed by atoms with Crippen LogP contribution in [0.2, 0.25) is 0 Å². The summed E-state index contributed by atoms with van der Waals surface area (Å²) < 4.78 is 12.8. The highest BCUT2D eigenvalue weighted by Gasteiger charge is 2.22. The molecular weight excluding hydrogens is 1130 g/mol. The molecule has 9 nitrogen and oxygen atoms in total. The summed E-state index contributed by atoms with van der Waals surface area (Å²) in [6, 6.07) is 77.0. The van der Waals surface area contributed by atoms with Crippen LogP contribution < -0.4 is 22.8 Å². The Kier molecular flexibility index (Phi) is 18.3. The minimum atomic E-state index is 0.972. The highest BCUT2D eigenvalue weighted by Crippen LogP contribution is 2.36.